The summed E-state index contributed by atoms with van der Waals surface area (Å²) in [6.45, 7) is 1.36. The summed E-state index contributed by atoms with van der Waals surface area (Å²) in [5.74, 6) is -1.51. The highest BCUT2D eigenvalue weighted by molar-refractivity contribution is 5.95. The van der Waals surface area contributed by atoms with E-state index in [1.54, 1.807) is 12.5 Å². The first-order chi connectivity index (χ1) is 9.66. The highest BCUT2D eigenvalue weighted by Crippen LogP contribution is 2.07. The highest BCUT2D eigenvalue weighted by Gasteiger charge is 2.13. The van der Waals surface area contributed by atoms with Crippen LogP contribution in [0.5, 0.6) is 0 Å². The van der Waals surface area contributed by atoms with E-state index in [-0.39, 0.29) is 11.3 Å². The molecule has 106 valence electrons. The van der Waals surface area contributed by atoms with Crippen molar-refractivity contribution in [2.75, 3.05) is 6.54 Å². The lowest BCUT2D eigenvalue weighted by Gasteiger charge is -2.03. The van der Waals surface area contributed by atoms with Gasteiger partial charge in [0.2, 0.25) is 0 Å². The third-order valence-electron chi connectivity index (χ3n) is 2.76. The molecule has 0 atom stereocenters. The lowest BCUT2D eigenvalue weighted by atomic mass is 10.3. The number of aromatic carboxylic acids is 1. The Morgan fingerprint density at radius 1 is 1.40 bits per heavy atom. The molecule has 0 spiro atoms. The Bertz CT molecular complexity index is 574. The van der Waals surface area contributed by atoms with E-state index in [1.807, 2.05) is 10.8 Å². The molecule has 0 fully saturated rings. The van der Waals surface area contributed by atoms with Crippen LogP contribution in [0, 0.1) is 0 Å². The lowest BCUT2D eigenvalue weighted by molar-refractivity contribution is 0.0696. The Kier molecular flexibility index (Phi) is 4.54. The monoisotopic (exact) mass is 277 g/mol. The number of imidazole rings is 1. The van der Waals surface area contributed by atoms with Gasteiger partial charge in [-0.2, -0.15) is 0 Å². The molecule has 2 N–H and O–H groups in total. The molecule has 0 aliphatic carbocycles. The lowest BCUT2D eigenvalue weighted by Crippen LogP contribution is -2.24. The van der Waals surface area contributed by atoms with Gasteiger partial charge in [0.25, 0.3) is 5.91 Å². The minimum absolute atomic E-state index is 0.0111. The molecular weight excluding hydrogens is 262 g/mol. The number of furan rings is 1. The maximum Gasteiger partial charge on any atom is 0.338 e. The summed E-state index contributed by atoms with van der Waals surface area (Å²) >= 11 is 0. The highest BCUT2D eigenvalue weighted by atomic mass is 16.4. The zero-order valence-electron chi connectivity index (χ0n) is 10.8. The summed E-state index contributed by atoms with van der Waals surface area (Å²) in [6.07, 6.45) is 8.13. The molecule has 0 radical (unpaired) electrons. The van der Waals surface area contributed by atoms with Crippen LogP contribution in [0.2, 0.25) is 0 Å². The number of aryl methyl sites for hydroxylation is 1. The quantitative estimate of drug-likeness (QED) is 0.745. The topological polar surface area (TPSA) is 97.4 Å². The normalized spacial score (nSPS) is 10.4. The summed E-state index contributed by atoms with van der Waals surface area (Å²) in [4.78, 5) is 26.2. The van der Waals surface area contributed by atoms with Crippen LogP contribution in [0.4, 0.5) is 0 Å². The van der Waals surface area contributed by atoms with E-state index in [2.05, 4.69) is 10.3 Å². The number of nitrogens with zero attached hydrogens (tertiary/aromatic N) is 2. The molecule has 2 heterocycles. The van der Waals surface area contributed by atoms with Gasteiger partial charge in [0.1, 0.15) is 6.26 Å². The van der Waals surface area contributed by atoms with Crippen molar-refractivity contribution >= 4 is 11.9 Å². The van der Waals surface area contributed by atoms with Crippen LogP contribution in [0.1, 0.15) is 33.8 Å². The minimum Gasteiger partial charge on any atom is -0.478 e. The van der Waals surface area contributed by atoms with Gasteiger partial charge < -0.3 is 19.4 Å². The van der Waals surface area contributed by atoms with Crippen molar-refractivity contribution in [2.45, 2.75) is 19.4 Å². The van der Waals surface area contributed by atoms with Crippen molar-refractivity contribution in [3.63, 3.8) is 0 Å². The van der Waals surface area contributed by atoms with Crippen LogP contribution in [0.25, 0.3) is 0 Å². The summed E-state index contributed by atoms with van der Waals surface area (Å²) in [5, 5.41) is 11.4. The van der Waals surface area contributed by atoms with Crippen LogP contribution < -0.4 is 5.32 Å². The first kappa shape index (κ1) is 13.9. The molecule has 0 unspecified atom stereocenters. The maximum absolute atomic E-state index is 11.7. The van der Waals surface area contributed by atoms with Gasteiger partial charge in [0.05, 0.1) is 11.9 Å². The Morgan fingerprint density at radius 2 is 2.25 bits per heavy atom. The number of carbonyl (C=O) groups excluding carboxylic acids is 1. The number of rotatable bonds is 7. The number of carboxylic acids is 1. The molecule has 7 nitrogen and oxygen atoms in total. The molecule has 0 bridgehead atoms. The van der Waals surface area contributed by atoms with Gasteiger partial charge in [0, 0.05) is 31.5 Å². The Morgan fingerprint density at radius 3 is 2.90 bits per heavy atom. The van der Waals surface area contributed by atoms with E-state index in [4.69, 9.17) is 9.52 Å². The van der Waals surface area contributed by atoms with E-state index in [0.29, 0.717) is 6.54 Å². The molecule has 0 aliphatic rings. The van der Waals surface area contributed by atoms with E-state index >= 15 is 0 Å². The number of aromatic nitrogens is 2. The zero-order chi connectivity index (χ0) is 14.4. The first-order valence-electron chi connectivity index (χ1n) is 6.22. The molecule has 2 aromatic rings. The number of unbranched alkanes of at least 4 members (excludes halogenated alkanes) is 1. The standard InChI is InChI=1S/C13H15N3O4/c17-12(11-7-10(8-20-11)13(18)19)15-3-1-2-5-16-6-4-14-9-16/h4,6-9H,1-3,5H2,(H,15,17)(H,18,19). The number of hydrogen-bond donors (Lipinski definition) is 2. The average molecular weight is 277 g/mol. The molecule has 0 aromatic carbocycles. The van der Waals surface area contributed by atoms with Crippen molar-refractivity contribution in [3.8, 4) is 0 Å². The van der Waals surface area contributed by atoms with Gasteiger partial charge in [-0.15, -0.1) is 0 Å². The molecule has 0 aliphatic heterocycles. The number of nitrogens with one attached hydrogen (secondary N) is 1. The number of carbonyl (C=O) groups is 2. The van der Waals surface area contributed by atoms with E-state index in [9.17, 15) is 9.59 Å². The Hall–Kier alpha value is -2.57. The minimum atomic E-state index is -1.12. The summed E-state index contributed by atoms with van der Waals surface area (Å²) in [6, 6.07) is 1.21. The van der Waals surface area contributed by atoms with Gasteiger partial charge in [-0.3, -0.25) is 4.79 Å². The van der Waals surface area contributed by atoms with E-state index in [1.165, 1.54) is 6.07 Å². The van der Waals surface area contributed by atoms with Gasteiger partial charge in [-0.05, 0) is 12.8 Å². The summed E-state index contributed by atoms with van der Waals surface area (Å²) < 4.78 is 6.86. The molecule has 20 heavy (non-hydrogen) atoms. The van der Waals surface area contributed by atoms with Gasteiger partial charge in [0.15, 0.2) is 5.76 Å². The second-order valence-electron chi connectivity index (χ2n) is 4.27. The molecular formula is C13H15N3O4. The van der Waals surface area contributed by atoms with Crippen molar-refractivity contribution in [1.29, 1.82) is 0 Å². The fourth-order valence-electron chi connectivity index (χ4n) is 1.69. The third kappa shape index (κ3) is 3.71. The maximum atomic E-state index is 11.7. The fourth-order valence-corrected chi connectivity index (χ4v) is 1.69. The molecule has 0 saturated heterocycles. The first-order valence-corrected chi connectivity index (χ1v) is 6.22. The van der Waals surface area contributed by atoms with Crippen molar-refractivity contribution in [2.24, 2.45) is 0 Å². The van der Waals surface area contributed by atoms with E-state index in [0.717, 1.165) is 25.6 Å². The van der Waals surface area contributed by atoms with Crippen molar-refractivity contribution in [3.05, 3.63) is 42.4 Å². The predicted octanol–water partition coefficient (Wildman–Crippen LogP) is 1.38. The van der Waals surface area contributed by atoms with Crippen LogP contribution in [0.3, 0.4) is 0 Å². The second-order valence-corrected chi connectivity index (χ2v) is 4.27. The number of amides is 1. The number of hydrogen-bond acceptors (Lipinski definition) is 4. The average Bonchev–Trinajstić information content (AvgIpc) is 3.09. The van der Waals surface area contributed by atoms with Crippen molar-refractivity contribution in [1.82, 2.24) is 14.9 Å². The van der Waals surface area contributed by atoms with Crippen LogP contribution in [-0.2, 0) is 6.54 Å². The molecule has 1 amide bonds. The number of carboxylic acid groups (broad SMARTS) is 1. The van der Waals surface area contributed by atoms with Gasteiger partial charge in [-0.1, -0.05) is 0 Å². The SMILES string of the molecule is O=C(O)c1coc(C(=O)NCCCCn2ccnc2)c1. The summed E-state index contributed by atoms with van der Waals surface area (Å²) in [5.41, 5.74) is -0.0322. The fraction of sp³-hybridized carbons (Fsp3) is 0.308. The molecule has 0 saturated carbocycles. The largest absolute Gasteiger partial charge is 0.478 e. The third-order valence-corrected chi connectivity index (χ3v) is 2.76. The van der Waals surface area contributed by atoms with Crippen molar-refractivity contribution < 1.29 is 19.1 Å². The van der Waals surface area contributed by atoms with E-state index < -0.39 is 11.9 Å². The predicted molar refractivity (Wildman–Crippen MR) is 69.5 cm³/mol. The van der Waals surface area contributed by atoms with Crippen LogP contribution >= 0.6 is 0 Å². The van der Waals surface area contributed by atoms with Gasteiger partial charge >= 0.3 is 5.97 Å². The van der Waals surface area contributed by atoms with Gasteiger partial charge in [-0.25, -0.2) is 9.78 Å². The smallest absolute Gasteiger partial charge is 0.338 e. The Labute approximate surface area is 115 Å². The Balaban J connectivity index is 1.68. The second kappa shape index (κ2) is 6.55. The molecule has 7 heteroatoms. The zero-order valence-corrected chi connectivity index (χ0v) is 10.8. The molecule has 2 rings (SSSR count). The van der Waals surface area contributed by atoms with Crippen LogP contribution in [-0.4, -0.2) is 33.1 Å². The summed E-state index contributed by atoms with van der Waals surface area (Å²) in [7, 11) is 0. The van der Waals surface area contributed by atoms with Crippen LogP contribution in [0.15, 0.2) is 35.5 Å². The molecule has 2 aromatic heterocycles.